The minimum Gasteiger partial charge on any atom is -0.393 e. The zero-order valence-corrected chi connectivity index (χ0v) is 21.4. The quantitative estimate of drug-likeness (QED) is 0.537. The number of alkyl halides is 3. The number of thiazole rings is 1. The second-order valence-corrected chi connectivity index (χ2v) is 11.5. The molecule has 0 spiro atoms. The number of aliphatic hydroxyl groups is 1. The van der Waals surface area contributed by atoms with Crippen molar-refractivity contribution in [3.8, 4) is 10.4 Å². The van der Waals surface area contributed by atoms with Gasteiger partial charge in [-0.25, -0.2) is 9.97 Å². The fraction of sp³-hybridized carbons (Fsp3) is 0.583. The lowest BCUT2D eigenvalue weighted by Gasteiger charge is -2.31. The van der Waals surface area contributed by atoms with E-state index in [-0.39, 0.29) is 39.0 Å². The molecule has 8 nitrogen and oxygen atoms in total. The first-order valence-corrected chi connectivity index (χ1v) is 12.7. The molecule has 0 bridgehead atoms. The molecule has 1 aliphatic heterocycles. The molecule has 1 saturated heterocycles. The lowest BCUT2D eigenvalue weighted by Crippen LogP contribution is -2.46. The van der Waals surface area contributed by atoms with Gasteiger partial charge in [0.25, 0.3) is 11.8 Å². The van der Waals surface area contributed by atoms with Gasteiger partial charge in [-0.05, 0) is 59.4 Å². The van der Waals surface area contributed by atoms with Crippen LogP contribution in [0.3, 0.4) is 0 Å². The fourth-order valence-corrected chi connectivity index (χ4v) is 5.38. The molecule has 1 saturated carbocycles. The Morgan fingerprint density at radius 2 is 1.92 bits per heavy atom. The van der Waals surface area contributed by atoms with Crippen LogP contribution >= 0.6 is 11.3 Å². The first kappa shape index (κ1) is 26.3. The molecule has 0 radical (unpaired) electrons. The highest BCUT2D eigenvalue weighted by atomic mass is 32.1. The van der Waals surface area contributed by atoms with Gasteiger partial charge in [-0.15, -0.1) is 11.3 Å². The van der Waals surface area contributed by atoms with Crippen LogP contribution in [-0.4, -0.2) is 62.1 Å². The van der Waals surface area contributed by atoms with E-state index < -0.39 is 35.2 Å². The number of anilines is 1. The SMILES string of the molecule is C[C@H]1CCCN1C(=O)c1nc(C(=O)N[C@H]2C[C@@H](O)C2)sc1-c1cnc(NC(C)(C)C)cc1C(F)(F)F. The van der Waals surface area contributed by atoms with Gasteiger partial charge in [0.05, 0.1) is 16.5 Å². The predicted molar refractivity (Wildman–Crippen MR) is 130 cm³/mol. The van der Waals surface area contributed by atoms with Gasteiger partial charge in [0.2, 0.25) is 0 Å². The van der Waals surface area contributed by atoms with Crippen LogP contribution < -0.4 is 10.6 Å². The van der Waals surface area contributed by atoms with Crippen LogP contribution in [0.4, 0.5) is 19.0 Å². The molecule has 2 aliphatic rings. The average molecular weight is 526 g/mol. The van der Waals surface area contributed by atoms with Crippen molar-refractivity contribution < 1.29 is 27.9 Å². The highest BCUT2D eigenvalue weighted by molar-refractivity contribution is 7.17. The number of rotatable bonds is 5. The van der Waals surface area contributed by atoms with Crippen molar-refractivity contribution in [3.05, 3.63) is 28.5 Å². The molecule has 196 valence electrons. The second-order valence-electron chi connectivity index (χ2n) is 10.5. The molecule has 2 fully saturated rings. The highest BCUT2D eigenvalue weighted by Gasteiger charge is 2.39. The summed E-state index contributed by atoms with van der Waals surface area (Å²) in [6, 6.07) is 0.592. The summed E-state index contributed by atoms with van der Waals surface area (Å²) < 4.78 is 42.6. The number of nitrogens with zero attached hydrogens (tertiary/aromatic N) is 3. The summed E-state index contributed by atoms with van der Waals surface area (Å²) in [7, 11) is 0. The zero-order valence-electron chi connectivity index (χ0n) is 20.6. The minimum absolute atomic E-state index is 0.0416. The third-order valence-electron chi connectivity index (χ3n) is 6.24. The van der Waals surface area contributed by atoms with Crippen LogP contribution in [0.25, 0.3) is 10.4 Å². The number of aromatic nitrogens is 2. The highest BCUT2D eigenvalue weighted by Crippen LogP contribution is 2.42. The van der Waals surface area contributed by atoms with Gasteiger partial charge < -0.3 is 20.6 Å². The Morgan fingerprint density at radius 3 is 2.47 bits per heavy atom. The van der Waals surface area contributed by atoms with E-state index in [2.05, 4.69) is 20.6 Å². The van der Waals surface area contributed by atoms with E-state index in [0.717, 1.165) is 36.4 Å². The molecule has 12 heteroatoms. The Balaban J connectivity index is 1.79. The number of aliphatic hydroxyl groups excluding tert-OH is 1. The normalized spacial score (nSPS) is 22.3. The van der Waals surface area contributed by atoms with Crippen LogP contribution in [0.1, 0.15) is 79.2 Å². The molecule has 36 heavy (non-hydrogen) atoms. The third kappa shape index (κ3) is 5.64. The summed E-state index contributed by atoms with van der Waals surface area (Å²) in [5, 5.41) is 15.0. The summed E-state index contributed by atoms with van der Waals surface area (Å²) in [6.07, 6.45) is -1.79. The molecular formula is C24H30F3N5O3S. The third-order valence-corrected chi connectivity index (χ3v) is 7.33. The van der Waals surface area contributed by atoms with Gasteiger partial charge in [0.1, 0.15) is 11.5 Å². The second kappa shape index (κ2) is 9.62. The van der Waals surface area contributed by atoms with Gasteiger partial charge >= 0.3 is 6.18 Å². The van der Waals surface area contributed by atoms with Gasteiger partial charge in [-0.1, -0.05) is 0 Å². The number of pyridine rings is 1. The zero-order chi connectivity index (χ0) is 26.4. The molecule has 3 heterocycles. The Morgan fingerprint density at radius 1 is 1.22 bits per heavy atom. The lowest BCUT2D eigenvalue weighted by molar-refractivity contribution is -0.137. The Bertz CT molecular complexity index is 1150. The van der Waals surface area contributed by atoms with E-state index in [4.69, 9.17) is 0 Å². The summed E-state index contributed by atoms with van der Waals surface area (Å²) >= 11 is 0.742. The molecule has 0 aromatic carbocycles. The predicted octanol–water partition coefficient (Wildman–Crippen LogP) is 4.31. The van der Waals surface area contributed by atoms with Gasteiger partial charge in [-0.3, -0.25) is 9.59 Å². The van der Waals surface area contributed by atoms with Crippen molar-refractivity contribution >= 4 is 29.0 Å². The van der Waals surface area contributed by atoms with Crippen LogP contribution in [0, 0.1) is 0 Å². The summed E-state index contributed by atoms with van der Waals surface area (Å²) in [5.74, 6) is -1.04. The molecule has 1 atom stereocenters. The first-order valence-electron chi connectivity index (χ1n) is 11.9. The van der Waals surface area contributed by atoms with Crippen molar-refractivity contribution in [2.45, 2.75) is 83.3 Å². The maximum atomic E-state index is 14.2. The number of hydrogen-bond donors (Lipinski definition) is 3. The molecule has 4 rings (SSSR count). The maximum absolute atomic E-state index is 14.2. The molecular weight excluding hydrogens is 495 g/mol. The number of amides is 2. The molecule has 2 aromatic rings. The first-order chi connectivity index (χ1) is 16.7. The molecule has 1 aliphatic carbocycles. The van der Waals surface area contributed by atoms with Crippen molar-refractivity contribution in [2.24, 2.45) is 0 Å². The number of carbonyl (C=O) groups is 2. The minimum atomic E-state index is -4.73. The molecule has 2 aromatic heterocycles. The van der Waals surface area contributed by atoms with E-state index in [9.17, 15) is 27.9 Å². The Hall–Kier alpha value is -2.73. The van der Waals surface area contributed by atoms with Crippen molar-refractivity contribution in [2.75, 3.05) is 11.9 Å². The van der Waals surface area contributed by atoms with E-state index in [0.29, 0.717) is 19.4 Å². The Labute approximate surface area is 211 Å². The van der Waals surface area contributed by atoms with E-state index in [1.807, 2.05) is 6.92 Å². The standard InChI is InChI=1S/C24H30F3N5O3S/c1-12-6-5-7-32(12)22(35)18-19(36-21(30-18)20(34)29-13-8-14(33)9-13)15-11-28-17(31-23(2,3)4)10-16(15)24(25,26)27/h10-14,33H,5-9H2,1-4H3,(H,28,31)(H,29,34)/t12-,13-,14+/m0/s1. The summed E-state index contributed by atoms with van der Waals surface area (Å²) in [6.45, 7) is 7.76. The topological polar surface area (TPSA) is 107 Å². The average Bonchev–Trinajstić information content (AvgIpc) is 3.37. The van der Waals surface area contributed by atoms with Crippen LogP contribution in [0.2, 0.25) is 0 Å². The van der Waals surface area contributed by atoms with Gasteiger partial charge in [0, 0.05) is 35.9 Å². The monoisotopic (exact) mass is 525 g/mol. The number of halogens is 3. The van der Waals surface area contributed by atoms with Crippen molar-refractivity contribution in [1.29, 1.82) is 0 Å². The fourth-order valence-electron chi connectivity index (χ4n) is 4.39. The van der Waals surface area contributed by atoms with E-state index >= 15 is 0 Å². The number of likely N-dealkylation sites (tertiary alicyclic amines) is 1. The van der Waals surface area contributed by atoms with Crippen molar-refractivity contribution in [1.82, 2.24) is 20.2 Å². The van der Waals surface area contributed by atoms with E-state index in [1.54, 1.807) is 25.7 Å². The van der Waals surface area contributed by atoms with Gasteiger partial charge in [0.15, 0.2) is 5.01 Å². The number of hydrogen-bond acceptors (Lipinski definition) is 7. The number of nitrogens with one attached hydrogen (secondary N) is 2. The Kier molecular flexibility index (Phi) is 7.04. The van der Waals surface area contributed by atoms with Crippen LogP contribution in [0.15, 0.2) is 12.3 Å². The molecule has 0 unspecified atom stereocenters. The summed E-state index contributed by atoms with van der Waals surface area (Å²) in [5.41, 5.74) is -1.97. The smallest absolute Gasteiger partial charge is 0.393 e. The molecule has 3 N–H and O–H groups in total. The largest absolute Gasteiger partial charge is 0.417 e. The summed E-state index contributed by atoms with van der Waals surface area (Å²) in [4.78, 5) is 36.2. The van der Waals surface area contributed by atoms with Gasteiger partial charge in [-0.2, -0.15) is 13.2 Å². The van der Waals surface area contributed by atoms with Crippen molar-refractivity contribution in [3.63, 3.8) is 0 Å². The maximum Gasteiger partial charge on any atom is 0.417 e. The van der Waals surface area contributed by atoms with Crippen LogP contribution in [0.5, 0.6) is 0 Å². The van der Waals surface area contributed by atoms with Crippen LogP contribution in [-0.2, 0) is 6.18 Å². The molecule has 2 amide bonds. The number of carbonyl (C=O) groups excluding carboxylic acids is 2. The van der Waals surface area contributed by atoms with E-state index in [1.165, 1.54) is 0 Å². The lowest BCUT2D eigenvalue weighted by atomic mass is 9.89.